The minimum Gasteiger partial charge on any atom is -0.369 e. The quantitative estimate of drug-likeness (QED) is 0.574. The highest BCUT2D eigenvalue weighted by molar-refractivity contribution is 6.30. The van der Waals surface area contributed by atoms with Crippen molar-refractivity contribution >= 4 is 40.7 Å². The predicted molar refractivity (Wildman–Crippen MR) is 144 cm³/mol. The van der Waals surface area contributed by atoms with Crippen LogP contribution in [0.4, 0.5) is 11.4 Å². The molecule has 0 spiro atoms. The topological polar surface area (TPSA) is 73.0 Å². The second kappa shape index (κ2) is 11.8. The van der Waals surface area contributed by atoms with E-state index in [9.17, 15) is 14.4 Å². The maximum Gasteiger partial charge on any atom is 0.256 e. The first-order valence-electron chi connectivity index (χ1n) is 12.9. The predicted octanol–water partition coefficient (Wildman–Crippen LogP) is 4.91. The van der Waals surface area contributed by atoms with Crippen molar-refractivity contribution in [1.82, 2.24) is 9.80 Å². The highest BCUT2D eigenvalue weighted by Gasteiger charge is 2.27. The first-order chi connectivity index (χ1) is 17.4. The van der Waals surface area contributed by atoms with Gasteiger partial charge in [0.2, 0.25) is 5.91 Å². The normalized spacial score (nSPS) is 16.2. The minimum absolute atomic E-state index is 0.0120. The van der Waals surface area contributed by atoms with Gasteiger partial charge in [0.05, 0.1) is 5.56 Å². The maximum absolute atomic E-state index is 13.5. The van der Waals surface area contributed by atoms with Gasteiger partial charge in [-0.3, -0.25) is 14.4 Å². The molecule has 1 heterocycles. The lowest BCUT2D eigenvalue weighted by atomic mass is 9.85. The molecular weight excluding hydrogens is 476 g/mol. The molecule has 2 aromatic carbocycles. The van der Waals surface area contributed by atoms with Crippen molar-refractivity contribution in [3.8, 4) is 0 Å². The number of hydrogen-bond acceptors (Lipinski definition) is 4. The van der Waals surface area contributed by atoms with E-state index in [4.69, 9.17) is 11.6 Å². The lowest BCUT2D eigenvalue weighted by Crippen LogP contribution is -2.36. The molecule has 0 unspecified atom stereocenters. The Morgan fingerprint density at radius 2 is 1.67 bits per heavy atom. The first kappa shape index (κ1) is 26.0. The number of amides is 3. The molecule has 1 aliphatic heterocycles. The van der Waals surface area contributed by atoms with Crippen LogP contribution in [0.3, 0.4) is 0 Å². The monoisotopic (exact) mass is 510 g/mol. The van der Waals surface area contributed by atoms with E-state index in [-0.39, 0.29) is 23.6 Å². The Balaban J connectivity index is 1.54. The molecule has 2 fully saturated rings. The molecule has 4 rings (SSSR count). The van der Waals surface area contributed by atoms with E-state index < -0.39 is 0 Å². The highest BCUT2D eigenvalue weighted by atomic mass is 35.5. The van der Waals surface area contributed by atoms with Gasteiger partial charge in [0, 0.05) is 67.1 Å². The molecule has 0 radical (unpaired) electrons. The number of anilines is 2. The fourth-order valence-electron chi connectivity index (χ4n) is 4.79. The molecule has 7 nitrogen and oxygen atoms in total. The largest absolute Gasteiger partial charge is 0.369 e. The van der Waals surface area contributed by atoms with Gasteiger partial charge < -0.3 is 20.0 Å². The van der Waals surface area contributed by atoms with Crippen LogP contribution in [0, 0.1) is 5.92 Å². The van der Waals surface area contributed by atoms with E-state index in [1.807, 2.05) is 36.9 Å². The van der Waals surface area contributed by atoms with Crippen molar-refractivity contribution in [1.29, 1.82) is 0 Å². The van der Waals surface area contributed by atoms with Crippen molar-refractivity contribution in [2.75, 3.05) is 49.5 Å². The van der Waals surface area contributed by atoms with Gasteiger partial charge in [-0.15, -0.1) is 0 Å². The molecule has 0 aromatic heterocycles. The molecule has 0 bridgehead atoms. The van der Waals surface area contributed by atoms with E-state index in [2.05, 4.69) is 10.2 Å². The van der Waals surface area contributed by atoms with Gasteiger partial charge in [-0.05, 0) is 75.6 Å². The summed E-state index contributed by atoms with van der Waals surface area (Å²) in [5.74, 6) is 0.0397. The molecule has 8 heteroatoms. The average molecular weight is 511 g/mol. The molecule has 1 aliphatic carbocycles. The summed E-state index contributed by atoms with van der Waals surface area (Å²) < 4.78 is 0. The summed E-state index contributed by atoms with van der Waals surface area (Å²) in [7, 11) is 0. The summed E-state index contributed by atoms with van der Waals surface area (Å²) in [4.78, 5) is 44.9. The van der Waals surface area contributed by atoms with Gasteiger partial charge in [0.25, 0.3) is 11.8 Å². The van der Waals surface area contributed by atoms with Crippen LogP contribution in [-0.2, 0) is 4.79 Å². The Labute approximate surface area is 218 Å². The average Bonchev–Trinajstić information content (AvgIpc) is 3.10. The second-order valence-electron chi connectivity index (χ2n) is 9.47. The summed E-state index contributed by atoms with van der Waals surface area (Å²) in [6.07, 6.45) is 3.73. The lowest BCUT2D eigenvalue weighted by Gasteiger charge is -2.29. The third kappa shape index (κ3) is 5.84. The van der Waals surface area contributed by atoms with Crippen molar-refractivity contribution in [3.63, 3.8) is 0 Å². The van der Waals surface area contributed by atoms with E-state index in [0.29, 0.717) is 54.6 Å². The first-order valence-corrected chi connectivity index (χ1v) is 13.3. The molecule has 3 amide bonds. The molecule has 2 aliphatic rings. The van der Waals surface area contributed by atoms with E-state index >= 15 is 0 Å². The van der Waals surface area contributed by atoms with Crippen molar-refractivity contribution in [2.45, 2.75) is 39.5 Å². The number of benzene rings is 2. The zero-order chi connectivity index (χ0) is 25.7. The van der Waals surface area contributed by atoms with Crippen LogP contribution < -0.4 is 10.2 Å². The zero-order valence-electron chi connectivity index (χ0n) is 21.1. The van der Waals surface area contributed by atoms with Gasteiger partial charge in [-0.2, -0.15) is 0 Å². The molecule has 36 heavy (non-hydrogen) atoms. The summed E-state index contributed by atoms with van der Waals surface area (Å²) in [5, 5.41) is 3.61. The Morgan fingerprint density at radius 1 is 0.944 bits per heavy atom. The van der Waals surface area contributed by atoms with Crippen LogP contribution >= 0.6 is 11.6 Å². The number of hydrogen-bond donors (Lipinski definition) is 1. The number of nitrogens with one attached hydrogen (secondary N) is 1. The Bertz CT molecular complexity index is 1100. The van der Waals surface area contributed by atoms with Crippen molar-refractivity contribution in [2.24, 2.45) is 5.92 Å². The van der Waals surface area contributed by atoms with Gasteiger partial charge in [-0.25, -0.2) is 0 Å². The summed E-state index contributed by atoms with van der Waals surface area (Å²) in [6, 6.07) is 12.6. The number of rotatable bonds is 7. The van der Waals surface area contributed by atoms with Gasteiger partial charge in [0.1, 0.15) is 0 Å². The molecule has 1 N–H and O–H groups in total. The molecule has 2 aromatic rings. The van der Waals surface area contributed by atoms with Crippen molar-refractivity contribution in [3.05, 3.63) is 58.6 Å². The Morgan fingerprint density at radius 3 is 2.31 bits per heavy atom. The number of halogens is 1. The van der Waals surface area contributed by atoms with Gasteiger partial charge >= 0.3 is 0 Å². The second-order valence-corrected chi connectivity index (χ2v) is 9.90. The number of carbonyl (C=O) groups excluding carboxylic acids is 3. The van der Waals surface area contributed by atoms with E-state index in [1.165, 1.54) is 0 Å². The lowest BCUT2D eigenvalue weighted by molar-refractivity contribution is -0.122. The van der Waals surface area contributed by atoms with Crippen LogP contribution in [0.2, 0.25) is 5.02 Å². The van der Waals surface area contributed by atoms with E-state index in [0.717, 1.165) is 37.9 Å². The van der Waals surface area contributed by atoms with Crippen LogP contribution in [0.1, 0.15) is 60.2 Å². The van der Waals surface area contributed by atoms with E-state index in [1.54, 1.807) is 29.2 Å². The summed E-state index contributed by atoms with van der Waals surface area (Å²) >= 11 is 5.98. The number of carbonyl (C=O) groups is 3. The third-order valence-corrected chi connectivity index (χ3v) is 7.49. The molecule has 1 saturated heterocycles. The maximum atomic E-state index is 13.5. The van der Waals surface area contributed by atoms with Gasteiger partial charge in [-0.1, -0.05) is 18.0 Å². The van der Waals surface area contributed by atoms with Crippen LogP contribution in [0.25, 0.3) is 0 Å². The van der Waals surface area contributed by atoms with Crippen LogP contribution in [-0.4, -0.2) is 66.8 Å². The Hall–Kier alpha value is -3.06. The Kier molecular flexibility index (Phi) is 8.52. The zero-order valence-corrected chi connectivity index (χ0v) is 21.9. The minimum atomic E-state index is -0.0481. The van der Waals surface area contributed by atoms with Crippen LogP contribution in [0.5, 0.6) is 0 Å². The van der Waals surface area contributed by atoms with Gasteiger partial charge in [0.15, 0.2) is 0 Å². The summed E-state index contributed by atoms with van der Waals surface area (Å²) in [5.41, 5.74) is 2.70. The summed E-state index contributed by atoms with van der Waals surface area (Å²) in [6.45, 7) is 7.70. The highest BCUT2D eigenvalue weighted by Crippen LogP contribution is 2.30. The fourth-order valence-corrected chi connectivity index (χ4v) is 4.92. The SMILES string of the molecule is CCN(CC)C(=O)c1cc(NC(=O)C2CCC2)ccc1N1CCCN(C(=O)c2ccc(Cl)cc2)CC1. The molecule has 192 valence electrons. The molecule has 0 atom stereocenters. The number of nitrogens with zero attached hydrogens (tertiary/aromatic N) is 3. The fraction of sp³-hybridized carbons (Fsp3) is 0.464. The third-order valence-electron chi connectivity index (χ3n) is 7.24. The van der Waals surface area contributed by atoms with Crippen molar-refractivity contribution < 1.29 is 14.4 Å². The van der Waals surface area contributed by atoms with Crippen LogP contribution in [0.15, 0.2) is 42.5 Å². The molecular formula is C28H35ClN4O3. The standard InChI is InChI=1S/C28H35ClN4O3/c1-3-31(4-2)28(36)24-19-23(30-26(34)20-7-5-8-20)13-14-25(24)32-15-6-16-33(18-17-32)27(35)21-9-11-22(29)12-10-21/h9-14,19-20H,3-8,15-18H2,1-2H3,(H,30,34). The smallest absolute Gasteiger partial charge is 0.256 e. The molecule has 1 saturated carbocycles.